The Balaban J connectivity index is 2.95. The highest BCUT2D eigenvalue weighted by Crippen LogP contribution is 2.19. The van der Waals surface area contributed by atoms with Crippen molar-refractivity contribution in [1.82, 2.24) is 4.72 Å². The van der Waals surface area contributed by atoms with Crippen molar-refractivity contribution in [3.05, 3.63) is 41.7 Å². The lowest BCUT2D eigenvalue weighted by atomic mass is 10.3. The van der Waals surface area contributed by atoms with Crippen molar-refractivity contribution in [3.63, 3.8) is 0 Å². The minimum Gasteiger partial charge on any atom is -0.211 e. The fourth-order valence-electron chi connectivity index (χ4n) is 1.24. The molecule has 0 atom stereocenters. The molecule has 0 bridgehead atoms. The molecular weight excluding hydrogens is 267 g/mol. The molecule has 0 saturated carbocycles. The molecule has 0 amide bonds. The van der Waals surface area contributed by atoms with E-state index in [9.17, 15) is 21.6 Å². The summed E-state index contributed by atoms with van der Waals surface area (Å²) in [4.78, 5) is -0.901. The topological polar surface area (TPSA) is 46.2 Å². The molecular formula is C11H12F3NO2S. The average Bonchev–Trinajstić information content (AvgIpc) is 2.31. The van der Waals surface area contributed by atoms with Crippen LogP contribution in [-0.2, 0) is 10.0 Å². The van der Waals surface area contributed by atoms with E-state index in [-0.39, 0.29) is 6.54 Å². The monoisotopic (exact) mass is 279 g/mol. The van der Waals surface area contributed by atoms with Gasteiger partial charge in [-0.3, -0.25) is 0 Å². The Kier molecular flexibility index (Phi) is 4.92. The number of sulfonamides is 1. The SMILES string of the molecule is C/C=C/CCNS(=O)(=O)c1ccc(F)c(F)c1F. The molecule has 0 aliphatic rings. The largest absolute Gasteiger partial charge is 0.243 e. The predicted octanol–water partition coefficient (Wildman–Crippen LogP) is 2.35. The number of halogens is 3. The van der Waals surface area contributed by atoms with E-state index in [1.54, 1.807) is 19.1 Å². The molecule has 0 radical (unpaired) electrons. The molecule has 0 unspecified atom stereocenters. The summed E-state index contributed by atoms with van der Waals surface area (Å²) in [6.45, 7) is 1.81. The number of allylic oxidation sites excluding steroid dienone is 1. The molecule has 1 rings (SSSR count). The first-order chi connectivity index (χ1) is 8.40. The predicted molar refractivity (Wildman–Crippen MR) is 60.9 cm³/mol. The molecule has 1 aromatic carbocycles. The smallest absolute Gasteiger partial charge is 0.211 e. The van der Waals surface area contributed by atoms with Gasteiger partial charge < -0.3 is 0 Å². The molecule has 0 aliphatic heterocycles. The molecule has 0 spiro atoms. The van der Waals surface area contributed by atoms with E-state index in [1.165, 1.54) is 0 Å². The van der Waals surface area contributed by atoms with Crippen LogP contribution in [0.25, 0.3) is 0 Å². The minimum absolute atomic E-state index is 0.0467. The first-order valence-electron chi connectivity index (χ1n) is 5.14. The third kappa shape index (κ3) is 3.33. The first-order valence-corrected chi connectivity index (χ1v) is 6.62. The van der Waals surface area contributed by atoms with Gasteiger partial charge in [-0.1, -0.05) is 12.2 Å². The molecule has 3 nitrogen and oxygen atoms in total. The van der Waals surface area contributed by atoms with Gasteiger partial charge in [-0.15, -0.1) is 0 Å². The Labute approximate surface area is 103 Å². The summed E-state index contributed by atoms with van der Waals surface area (Å²) in [6.07, 6.45) is 3.86. The van der Waals surface area contributed by atoms with Gasteiger partial charge >= 0.3 is 0 Å². The third-order valence-corrected chi connectivity index (χ3v) is 3.61. The molecule has 0 heterocycles. The summed E-state index contributed by atoms with van der Waals surface area (Å²) in [6, 6.07) is 1.25. The van der Waals surface area contributed by atoms with Gasteiger partial charge in [0, 0.05) is 6.54 Å². The Bertz CT molecular complexity index is 556. The van der Waals surface area contributed by atoms with Gasteiger partial charge in [0.2, 0.25) is 10.0 Å². The van der Waals surface area contributed by atoms with E-state index >= 15 is 0 Å². The second-order valence-corrected chi connectivity index (χ2v) is 5.16. The fourth-order valence-corrected chi connectivity index (χ4v) is 2.35. The van der Waals surface area contributed by atoms with E-state index in [0.717, 1.165) is 0 Å². The van der Waals surface area contributed by atoms with E-state index in [2.05, 4.69) is 4.72 Å². The molecule has 0 saturated heterocycles. The maximum atomic E-state index is 13.3. The van der Waals surface area contributed by atoms with Crippen LogP contribution in [-0.4, -0.2) is 15.0 Å². The summed E-state index contributed by atoms with van der Waals surface area (Å²) in [5.41, 5.74) is 0. The summed E-state index contributed by atoms with van der Waals surface area (Å²) in [5, 5.41) is 0. The van der Waals surface area contributed by atoms with Crippen LogP contribution in [0.3, 0.4) is 0 Å². The Morgan fingerprint density at radius 2 is 1.89 bits per heavy atom. The van der Waals surface area contributed by atoms with E-state index in [0.29, 0.717) is 18.6 Å². The molecule has 1 aromatic rings. The minimum atomic E-state index is -4.18. The lowest BCUT2D eigenvalue weighted by Crippen LogP contribution is -2.25. The zero-order chi connectivity index (χ0) is 13.8. The maximum Gasteiger partial charge on any atom is 0.243 e. The number of hydrogen-bond acceptors (Lipinski definition) is 2. The number of nitrogens with one attached hydrogen (secondary N) is 1. The Hall–Kier alpha value is -1.34. The van der Waals surface area contributed by atoms with Gasteiger partial charge in [0.25, 0.3) is 0 Å². The maximum absolute atomic E-state index is 13.3. The van der Waals surface area contributed by atoms with Crippen LogP contribution in [0.15, 0.2) is 29.2 Å². The highest BCUT2D eigenvalue weighted by Gasteiger charge is 2.23. The van der Waals surface area contributed by atoms with Crippen LogP contribution < -0.4 is 4.72 Å². The van der Waals surface area contributed by atoms with E-state index in [1.807, 2.05) is 0 Å². The number of hydrogen-bond donors (Lipinski definition) is 1. The van der Waals surface area contributed by atoms with Crippen LogP contribution in [0.1, 0.15) is 13.3 Å². The van der Waals surface area contributed by atoms with Crippen LogP contribution >= 0.6 is 0 Å². The molecule has 1 N–H and O–H groups in total. The zero-order valence-electron chi connectivity index (χ0n) is 9.58. The molecule has 18 heavy (non-hydrogen) atoms. The molecule has 100 valence electrons. The van der Waals surface area contributed by atoms with E-state index < -0.39 is 32.4 Å². The highest BCUT2D eigenvalue weighted by atomic mass is 32.2. The van der Waals surface area contributed by atoms with Gasteiger partial charge in [-0.2, -0.15) is 0 Å². The molecule has 0 aromatic heterocycles. The van der Waals surface area contributed by atoms with Crippen molar-refractivity contribution in [2.75, 3.05) is 6.54 Å². The van der Waals surface area contributed by atoms with Crippen molar-refractivity contribution < 1.29 is 21.6 Å². The Morgan fingerprint density at radius 3 is 2.50 bits per heavy atom. The first kappa shape index (κ1) is 14.7. The Morgan fingerprint density at radius 1 is 1.22 bits per heavy atom. The van der Waals surface area contributed by atoms with Gasteiger partial charge in [0.15, 0.2) is 17.5 Å². The lowest BCUT2D eigenvalue weighted by molar-refractivity contribution is 0.431. The van der Waals surface area contributed by atoms with Gasteiger partial charge in [-0.05, 0) is 25.5 Å². The highest BCUT2D eigenvalue weighted by molar-refractivity contribution is 7.89. The van der Waals surface area contributed by atoms with E-state index in [4.69, 9.17) is 0 Å². The summed E-state index contributed by atoms with van der Waals surface area (Å²) in [5.74, 6) is -4.94. The standard InChI is InChI=1S/C11H12F3NO2S/c1-2-3-4-7-15-18(16,17)9-6-5-8(12)10(13)11(9)14/h2-3,5-6,15H,4,7H2,1H3/b3-2+. The lowest BCUT2D eigenvalue weighted by Gasteiger charge is -2.07. The average molecular weight is 279 g/mol. The molecule has 0 fully saturated rings. The quantitative estimate of drug-likeness (QED) is 0.511. The molecule has 7 heteroatoms. The van der Waals surface area contributed by atoms with Crippen LogP contribution in [0.5, 0.6) is 0 Å². The van der Waals surface area contributed by atoms with Crippen LogP contribution in [0.2, 0.25) is 0 Å². The fraction of sp³-hybridized carbons (Fsp3) is 0.273. The van der Waals surface area contributed by atoms with Crippen LogP contribution in [0.4, 0.5) is 13.2 Å². The third-order valence-electron chi connectivity index (χ3n) is 2.13. The number of rotatable bonds is 5. The van der Waals surface area contributed by atoms with Crippen molar-refractivity contribution in [1.29, 1.82) is 0 Å². The zero-order valence-corrected chi connectivity index (χ0v) is 10.4. The van der Waals surface area contributed by atoms with Crippen molar-refractivity contribution in [2.24, 2.45) is 0 Å². The summed E-state index contributed by atoms with van der Waals surface area (Å²) in [7, 11) is -4.18. The van der Waals surface area contributed by atoms with Crippen LogP contribution in [0, 0.1) is 17.5 Å². The van der Waals surface area contributed by atoms with Crippen molar-refractivity contribution in [3.8, 4) is 0 Å². The van der Waals surface area contributed by atoms with Crippen molar-refractivity contribution in [2.45, 2.75) is 18.2 Å². The second kappa shape index (κ2) is 6.01. The summed E-state index contributed by atoms with van der Waals surface area (Å²) < 4.78 is 64.2. The van der Waals surface area contributed by atoms with Gasteiger partial charge in [0.05, 0.1) is 0 Å². The normalized spacial score (nSPS) is 12.2. The van der Waals surface area contributed by atoms with Gasteiger partial charge in [0.1, 0.15) is 4.90 Å². The van der Waals surface area contributed by atoms with Crippen molar-refractivity contribution >= 4 is 10.0 Å². The summed E-state index contributed by atoms with van der Waals surface area (Å²) >= 11 is 0. The number of benzene rings is 1. The second-order valence-electron chi connectivity index (χ2n) is 3.43. The van der Waals surface area contributed by atoms with Gasteiger partial charge in [-0.25, -0.2) is 26.3 Å². The molecule has 0 aliphatic carbocycles.